The fourth-order valence-corrected chi connectivity index (χ4v) is 4.07. The van der Waals surface area contributed by atoms with Gasteiger partial charge in [-0.2, -0.15) is 0 Å². The Bertz CT molecular complexity index is 775. The molecule has 0 aromatic heterocycles. The predicted octanol–water partition coefficient (Wildman–Crippen LogP) is 3.79. The lowest BCUT2D eigenvalue weighted by molar-refractivity contribution is -0.145. The molecule has 27 heavy (non-hydrogen) atoms. The molecule has 0 unspecified atom stereocenters. The molecule has 1 heterocycles. The number of thiocarbonyl (C=S) groups is 1. The minimum Gasteiger partial charge on any atom is -0.493 e. The van der Waals surface area contributed by atoms with Crippen LogP contribution >= 0.6 is 24.0 Å². The van der Waals surface area contributed by atoms with E-state index < -0.39 is 12.0 Å². The fraction of sp³-hybridized carbons (Fsp3) is 0.421. The van der Waals surface area contributed by atoms with Crippen LogP contribution in [0.3, 0.4) is 0 Å². The van der Waals surface area contributed by atoms with Gasteiger partial charge in [0.25, 0.3) is 5.91 Å². The summed E-state index contributed by atoms with van der Waals surface area (Å²) in [6.07, 6.45) is 2.03. The first kappa shape index (κ1) is 21.2. The lowest BCUT2D eigenvalue weighted by Crippen LogP contribution is -2.44. The largest absolute Gasteiger partial charge is 0.493 e. The number of hydrogen-bond donors (Lipinski definition) is 1. The van der Waals surface area contributed by atoms with E-state index in [-0.39, 0.29) is 16.1 Å². The molecule has 0 saturated carbocycles. The molecule has 1 aliphatic rings. The first-order valence-electron chi connectivity index (χ1n) is 8.59. The minimum absolute atomic E-state index is 0.120. The molecule has 8 heteroatoms. The van der Waals surface area contributed by atoms with Crippen LogP contribution in [0.25, 0.3) is 6.08 Å². The Morgan fingerprint density at radius 1 is 1.37 bits per heavy atom. The smallest absolute Gasteiger partial charge is 0.326 e. The van der Waals surface area contributed by atoms with E-state index in [1.807, 2.05) is 26.8 Å². The molecule has 1 aromatic rings. The third kappa shape index (κ3) is 5.01. The number of hydrogen-bond acceptors (Lipinski definition) is 6. The van der Waals surface area contributed by atoms with Gasteiger partial charge in [-0.15, -0.1) is 0 Å². The van der Waals surface area contributed by atoms with Crippen molar-refractivity contribution in [3.05, 3.63) is 28.7 Å². The molecule has 146 valence electrons. The number of nitrogens with zero attached hydrogens (tertiary/aromatic N) is 1. The zero-order valence-electron chi connectivity index (χ0n) is 15.7. The molecule has 0 bridgehead atoms. The van der Waals surface area contributed by atoms with Crippen molar-refractivity contribution in [1.82, 2.24) is 4.90 Å². The second-order valence-electron chi connectivity index (χ2n) is 6.38. The SMILES string of the molecule is CCOc1ccc(/C=C2\SC(=S)N([C@@H](CC(C)C)C(=O)O)C2=O)cc1OC. The van der Waals surface area contributed by atoms with E-state index in [4.69, 9.17) is 21.7 Å². The van der Waals surface area contributed by atoms with E-state index in [1.54, 1.807) is 25.3 Å². The average molecular weight is 410 g/mol. The summed E-state index contributed by atoms with van der Waals surface area (Å²) in [5.74, 6) is -0.137. The average Bonchev–Trinajstić information content (AvgIpc) is 2.87. The minimum atomic E-state index is -1.05. The first-order valence-corrected chi connectivity index (χ1v) is 9.81. The number of carbonyl (C=O) groups is 2. The zero-order chi connectivity index (χ0) is 20.1. The third-order valence-corrected chi connectivity index (χ3v) is 5.23. The highest BCUT2D eigenvalue weighted by Gasteiger charge is 2.40. The van der Waals surface area contributed by atoms with Gasteiger partial charge < -0.3 is 14.6 Å². The van der Waals surface area contributed by atoms with E-state index in [2.05, 4.69) is 0 Å². The number of carbonyl (C=O) groups excluding carboxylic acids is 1. The Morgan fingerprint density at radius 2 is 2.07 bits per heavy atom. The molecule has 1 aromatic carbocycles. The summed E-state index contributed by atoms with van der Waals surface area (Å²) in [6, 6.07) is 4.38. The Labute approximate surface area is 168 Å². The van der Waals surface area contributed by atoms with Gasteiger partial charge in [0.15, 0.2) is 11.5 Å². The van der Waals surface area contributed by atoms with Crippen molar-refractivity contribution < 1.29 is 24.2 Å². The third-order valence-electron chi connectivity index (χ3n) is 3.90. The molecular weight excluding hydrogens is 386 g/mol. The van der Waals surface area contributed by atoms with Gasteiger partial charge in [0, 0.05) is 0 Å². The lowest BCUT2D eigenvalue weighted by atomic mass is 10.0. The predicted molar refractivity (Wildman–Crippen MR) is 110 cm³/mol. The van der Waals surface area contributed by atoms with Crippen molar-refractivity contribution in [1.29, 1.82) is 0 Å². The van der Waals surface area contributed by atoms with Crippen molar-refractivity contribution in [3.8, 4) is 11.5 Å². The number of benzene rings is 1. The molecule has 6 nitrogen and oxygen atoms in total. The topological polar surface area (TPSA) is 76.1 Å². The number of carboxylic acid groups (broad SMARTS) is 1. The molecule has 2 rings (SSSR count). The number of methoxy groups -OCH3 is 1. The van der Waals surface area contributed by atoms with Crippen LogP contribution in [-0.2, 0) is 9.59 Å². The molecule has 0 spiro atoms. The van der Waals surface area contributed by atoms with Crippen molar-refractivity contribution >= 4 is 46.3 Å². The van der Waals surface area contributed by atoms with E-state index in [0.717, 1.165) is 17.3 Å². The highest BCUT2D eigenvalue weighted by Crippen LogP contribution is 2.36. The summed E-state index contributed by atoms with van der Waals surface area (Å²) in [5.41, 5.74) is 0.742. The summed E-state index contributed by atoms with van der Waals surface area (Å²) < 4.78 is 11.1. The fourth-order valence-electron chi connectivity index (χ4n) is 2.71. The number of ether oxygens (including phenoxy) is 2. The van der Waals surface area contributed by atoms with Gasteiger partial charge >= 0.3 is 5.97 Å². The van der Waals surface area contributed by atoms with Gasteiger partial charge in [-0.05, 0) is 43.0 Å². The van der Waals surface area contributed by atoms with Gasteiger partial charge in [-0.25, -0.2) is 4.79 Å². The highest BCUT2D eigenvalue weighted by molar-refractivity contribution is 8.26. The van der Waals surface area contributed by atoms with E-state index >= 15 is 0 Å². The van der Waals surface area contributed by atoms with Crippen LogP contribution in [-0.4, -0.2) is 46.0 Å². The highest BCUT2D eigenvalue weighted by atomic mass is 32.2. The number of amides is 1. The van der Waals surface area contributed by atoms with Gasteiger partial charge in [0.1, 0.15) is 10.4 Å². The summed E-state index contributed by atoms with van der Waals surface area (Å²) in [7, 11) is 1.55. The van der Waals surface area contributed by atoms with E-state index in [1.165, 1.54) is 4.90 Å². The van der Waals surface area contributed by atoms with Gasteiger partial charge in [-0.3, -0.25) is 9.69 Å². The van der Waals surface area contributed by atoms with Gasteiger partial charge in [-0.1, -0.05) is 43.9 Å². The maximum Gasteiger partial charge on any atom is 0.326 e. The molecular formula is C19H23NO5S2. The number of rotatable bonds is 8. The van der Waals surface area contributed by atoms with Crippen LogP contribution in [0, 0.1) is 5.92 Å². The van der Waals surface area contributed by atoms with Crippen LogP contribution in [0.4, 0.5) is 0 Å². The number of aliphatic carboxylic acids is 1. The summed E-state index contributed by atoms with van der Waals surface area (Å²) in [6.45, 7) is 6.22. The first-order chi connectivity index (χ1) is 12.8. The normalized spacial score (nSPS) is 16.9. The second-order valence-corrected chi connectivity index (χ2v) is 8.05. The van der Waals surface area contributed by atoms with E-state index in [0.29, 0.717) is 29.4 Å². The van der Waals surface area contributed by atoms with Crippen molar-refractivity contribution in [2.24, 2.45) is 5.92 Å². The number of thioether (sulfide) groups is 1. The van der Waals surface area contributed by atoms with Crippen molar-refractivity contribution in [3.63, 3.8) is 0 Å². The summed E-state index contributed by atoms with van der Waals surface area (Å²) in [5, 5.41) is 9.53. The summed E-state index contributed by atoms with van der Waals surface area (Å²) in [4.78, 5) is 26.0. The Morgan fingerprint density at radius 3 is 2.63 bits per heavy atom. The second kappa shape index (κ2) is 9.23. The molecule has 1 atom stereocenters. The van der Waals surface area contributed by atoms with Gasteiger partial charge in [0.2, 0.25) is 0 Å². The monoisotopic (exact) mass is 409 g/mol. The zero-order valence-corrected chi connectivity index (χ0v) is 17.4. The summed E-state index contributed by atoms with van der Waals surface area (Å²) >= 11 is 6.39. The quantitative estimate of drug-likeness (QED) is 0.517. The molecule has 1 N–H and O–H groups in total. The molecule has 1 saturated heterocycles. The maximum atomic E-state index is 12.8. The van der Waals surface area contributed by atoms with Crippen LogP contribution < -0.4 is 9.47 Å². The molecule has 1 amide bonds. The maximum absolute atomic E-state index is 12.8. The standard InChI is InChI=1S/C19H23NO5S2/c1-5-25-14-7-6-12(9-15(14)24-4)10-16-17(21)20(19(26)27-16)13(18(22)23)8-11(2)3/h6-7,9-11,13H,5,8H2,1-4H3,(H,22,23)/b16-10-/t13-/m0/s1. The number of carboxylic acids is 1. The Kier molecular flexibility index (Phi) is 7.26. The molecule has 1 aliphatic heterocycles. The molecule has 0 aliphatic carbocycles. The Balaban J connectivity index is 2.31. The molecule has 1 fully saturated rings. The van der Waals surface area contributed by atoms with Crippen molar-refractivity contribution in [2.75, 3.05) is 13.7 Å². The Hall–Kier alpha value is -2.06. The van der Waals surface area contributed by atoms with E-state index in [9.17, 15) is 14.7 Å². The van der Waals surface area contributed by atoms with Crippen LogP contribution in [0.2, 0.25) is 0 Å². The van der Waals surface area contributed by atoms with Crippen LogP contribution in [0.1, 0.15) is 32.8 Å². The molecule has 0 radical (unpaired) electrons. The van der Waals surface area contributed by atoms with Crippen molar-refractivity contribution in [2.45, 2.75) is 33.2 Å². The van der Waals surface area contributed by atoms with Crippen LogP contribution in [0.15, 0.2) is 23.1 Å². The van der Waals surface area contributed by atoms with Crippen LogP contribution in [0.5, 0.6) is 11.5 Å². The van der Waals surface area contributed by atoms with Gasteiger partial charge in [0.05, 0.1) is 18.6 Å². The lowest BCUT2D eigenvalue weighted by Gasteiger charge is -2.24.